The molecular formula is C12H15ClFNS. The summed E-state index contributed by atoms with van der Waals surface area (Å²) in [5, 5.41) is 6.13. The van der Waals surface area contributed by atoms with Crippen molar-refractivity contribution in [3.63, 3.8) is 0 Å². The van der Waals surface area contributed by atoms with Crippen molar-refractivity contribution in [2.45, 2.75) is 12.6 Å². The van der Waals surface area contributed by atoms with Gasteiger partial charge in [0.1, 0.15) is 6.17 Å². The Morgan fingerprint density at radius 2 is 2.19 bits per heavy atom. The maximum atomic E-state index is 13.4. The van der Waals surface area contributed by atoms with E-state index in [1.165, 1.54) is 10.1 Å². The molecular weight excluding hydrogens is 245 g/mol. The van der Waals surface area contributed by atoms with Crippen LogP contribution in [0, 0.1) is 0 Å². The molecule has 88 valence electrons. The minimum atomic E-state index is -0.800. The first-order chi connectivity index (χ1) is 7.29. The molecule has 2 rings (SSSR count). The largest absolute Gasteiger partial charge is 0.317 e. The van der Waals surface area contributed by atoms with E-state index in [0.717, 1.165) is 5.56 Å². The van der Waals surface area contributed by atoms with Crippen LogP contribution in [0.25, 0.3) is 10.1 Å². The Hall–Kier alpha value is -0.640. The van der Waals surface area contributed by atoms with Gasteiger partial charge in [0.05, 0.1) is 0 Å². The van der Waals surface area contributed by atoms with Crippen molar-refractivity contribution in [2.75, 3.05) is 13.6 Å². The van der Waals surface area contributed by atoms with E-state index in [9.17, 15) is 4.39 Å². The predicted octanol–water partition coefficient (Wildman–Crippen LogP) is 3.42. The Balaban J connectivity index is 0.00000128. The van der Waals surface area contributed by atoms with E-state index in [1.54, 1.807) is 18.4 Å². The van der Waals surface area contributed by atoms with E-state index < -0.39 is 6.17 Å². The summed E-state index contributed by atoms with van der Waals surface area (Å²) in [5.41, 5.74) is 1.07. The van der Waals surface area contributed by atoms with Gasteiger partial charge < -0.3 is 5.32 Å². The monoisotopic (exact) mass is 259 g/mol. The zero-order valence-electron chi connectivity index (χ0n) is 9.07. The molecule has 2 aromatic rings. The number of rotatable bonds is 4. The maximum absolute atomic E-state index is 13.4. The highest BCUT2D eigenvalue weighted by Crippen LogP contribution is 2.22. The molecule has 4 heteroatoms. The number of hydrogen-bond acceptors (Lipinski definition) is 2. The fourth-order valence-corrected chi connectivity index (χ4v) is 2.46. The smallest absolute Gasteiger partial charge is 0.116 e. The molecule has 0 bridgehead atoms. The molecule has 1 aromatic heterocycles. The summed E-state index contributed by atoms with van der Waals surface area (Å²) in [5.74, 6) is 0. The molecule has 1 N–H and O–H groups in total. The van der Waals surface area contributed by atoms with Crippen molar-refractivity contribution in [1.29, 1.82) is 0 Å². The fourth-order valence-electron chi connectivity index (χ4n) is 1.69. The van der Waals surface area contributed by atoms with Gasteiger partial charge in [0.25, 0.3) is 0 Å². The van der Waals surface area contributed by atoms with Gasteiger partial charge in [-0.3, -0.25) is 0 Å². The number of nitrogens with one attached hydrogen (secondary N) is 1. The second-order valence-corrected chi connectivity index (χ2v) is 4.60. The molecule has 0 aliphatic heterocycles. The first-order valence-corrected chi connectivity index (χ1v) is 5.92. The van der Waals surface area contributed by atoms with E-state index in [1.807, 2.05) is 6.07 Å². The minimum absolute atomic E-state index is 0. The van der Waals surface area contributed by atoms with Gasteiger partial charge in [-0.1, -0.05) is 12.1 Å². The molecule has 0 spiro atoms. The average molecular weight is 260 g/mol. The predicted molar refractivity (Wildman–Crippen MR) is 71.6 cm³/mol. The van der Waals surface area contributed by atoms with Gasteiger partial charge in [0.15, 0.2) is 0 Å². The lowest BCUT2D eigenvalue weighted by Gasteiger charge is -2.07. The van der Waals surface area contributed by atoms with Crippen LogP contribution in [-0.2, 0) is 6.42 Å². The third-order valence-electron chi connectivity index (χ3n) is 2.40. The maximum Gasteiger partial charge on any atom is 0.116 e. The fraction of sp³-hybridized carbons (Fsp3) is 0.333. The lowest BCUT2D eigenvalue weighted by molar-refractivity contribution is 0.324. The third-order valence-corrected chi connectivity index (χ3v) is 3.30. The summed E-state index contributed by atoms with van der Waals surface area (Å²) >= 11 is 1.72. The van der Waals surface area contributed by atoms with Crippen LogP contribution in [-0.4, -0.2) is 19.8 Å². The van der Waals surface area contributed by atoms with Crippen LogP contribution in [0.2, 0.25) is 0 Å². The van der Waals surface area contributed by atoms with Gasteiger partial charge >= 0.3 is 0 Å². The van der Waals surface area contributed by atoms with Crippen LogP contribution in [0.15, 0.2) is 29.6 Å². The lowest BCUT2D eigenvalue weighted by Crippen LogP contribution is -2.21. The second-order valence-electron chi connectivity index (χ2n) is 3.65. The molecule has 16 heavy (non-hydrogen) atoms. The van der Waals surface area contributed by atoms with Crippen LogP contribution in [0.5, 0.6) is 0 Å². The standard InChI is InChI=1S/C12H14FNS.ClH/c1-14-8-11(13)7-9-2-3-12-10(6-9)4-5-15-12;/h2-6,11,14H,7-8H2,1H3;1H. The van der Waals surface area contributed by atoms with Gasteiger partial charge in [-0.15, -0.1) is 23.7 Å². The Morgan fingerprint density at radius 1 is 1.38 bits per heavy atom. The quantitative estimate of drug-likeness (QED) is 0.887. The number of thiophene rings is 1. The van der Waals surface area contributed by atoms with Gasteiger partial charge in [-0.25, -0.2) is 4.39 Å². The van der Waals surface area contributed by atoms with E-state index in [4.69, 9.17) is 0 Å². The van der Waals surface area contributed by atoms with Crippen molar-refractivity contribution in [1.82, 2.24) is 5.32 Å². The Kier molecular flexibility index (Phi) is 5.19. The SMILES string of the molecule is CNCC(F)Cc1ccc2sccc2c1.Cl. The lowest BCUT2D eigenvalue weighted by atomic mass is 10.1. The van der Waals surface area contributed by atoms with Crippen molar-refractivity contribution in [3.05, 3.63) is 35.2 Å². The first-order valence-electron chi connectivity index (χ1n) is 5.04. The Bertz CT molecular complexity index is 443. The topological polar surface area (TPSA) is 12.0 Å². The third kappa shape index (κ3) is 3.17. The van der Waals surface area contributed by atoms with Gasteiger partial charge in [-0.05, 0) is 35.5 Å². The normalized spacial score (nSPS) is 12.4. The van der Waals surface area contributed by atoms with Crippen molar-refractivity contribution in [3.8, 4) is 0 Å². The van der Waals surface area contributed by atoms with E-state index in [2.05, 4.69) is 28.9 Å². The molecule has 0 fully saturated rings. The van der Waals surface area contributed by atoms with Crippen molar-refractivity contribution >= 4 is 33.8 Å². The second kappa shape index (κ2) is 6.18. The Morgan fingerprint density at radius 3 is 2.94 bits per heavy atom. The minimum Gasteiger partial charge on any atom is -0.317 e. The summed E-state index contributed by atoms with van der Waals surface area (Å²) in [4.78, 5) is 0. The molecule has 1 unspecified atom stereocenters. The molecule has 0 radical (unpaired) electrons. The molecule has 1 aromatic carbocycles. The number of halogens is 2. The average Bonchev–Trinajstić information content (AvgIpc) is 2.65. The number of benzene rings is 1. The zero-order chi connectivity index (χ0) is 10.7. The molecule has 1 heterocycles. The summed E-state index contributed by atoms with van der Waals surface area (Å²) in [6, 6.07) is 8.24. The summed E-state index contributed by atoms with van der Waals surface area (Å²) in [6.45, 7) is 0.418. The number of alkyl halides is 1. The summed E-state index contributed by atoms with van der Waals surface area (Å²) in [7, 11) is 1.77. The first kappa shape index (κ1) is 13.4. The summed E-state index contributed by atoms with van der Waals surface area (Å²) < 4.78 is 14.6. The highest BCUT2D eigenvalue weighted by Gasteiger charge is 2.06. The van der Waals surface area contributed by atoms with Gasteiger partial charge in [-0.2, -0.15) is 0 Å². The summed E-state index contributed by atoms with van der Waals surface area (Å²) in [6.07, 6.45) is -0.307. The molecule has 0 saturated carbocycles. The van der Waals surface area contributed by atoms with Crippen molar-refractivity contribution < 1.29 is 4.39 Å². The molecule has 0 saturated heterocycles. The molecule has 0 aliphatic rings. The zero-order valence-corrected chi connectivity index (χ0v) is 10.7. The van der Waals surface area contributed by atoms with E-state index in [-0.39, 0.29) is 12.4 Å². The van der Waals surface area contributed by atoms with E-state index in [0.29, 0.717) is 13.0 Å². The number of fused-ring (bicyclic) bond motifs is 1. The molecule has 1 nitrogen and oxygen atoms in total. The van der Waals surface area contributed by atoms with Crippen LogP contribution in [0.3, 0.4) is 0 Å². The van der Waals surface area contributed by atoms with Crippen LogP contribution >= 0.6 is 23.7 Å². The highest BCUT2D eigenvalue weighted by atomic mass is 35.5. The van der Waals surface area contributed by atoms with Crippen LogP contribution in [0.1, 0.15) is 5.56 Å². The van der Waals surface area contributed by atoms with Crippen LogP contribution < -0.4 is 5.32 Å². The van der Waals surface area contributed by atoms with Gasteiger partial charge in [0.2, 0.25) is 0 Å². The van der Waals surface area contributed by atoms with E-state index >= 15 is 0 Å². The molecule has 0 aliphatic carbocycles. The van der Waals surface area contributed by atoms with Gasteiger partial charge in [0, 0.05) is 17.7 Å². The number of hydrogen-bond donors (Lipinski definition) is 1. The molecule has 0 amide bonds. The van der Waals surface area contributed by atoms with Crippen LogP contribution in [0.4, 0.5) is 4.39 Å². The highest BCUT2D eigenvalue weighted by molar-refractivity contribution is 7.17. The molecule has 1 atom stereocenters. The Labute approximate surface area is 105 Å². The van der Waals surface area contributed by atoms with Crippen molar-refractivity contribution in [2.24, 2.45) is 0 Å².